The number of ether oxygens (including phenoxy) is 1. The standard InChI is InChI=1S/C22H23ClFN5O3/c1-13-3-2-4-17(24)19(13)29-10-15(9-27-29)18-20(21(23)26-12-25-18)32-11-14-5-7-16(8-6-14)28-22(30)31/h2-4,9-10,12,14,16,28H,5-8,11H2,1H3,(H,30,31)/t14-,16+. The first-order valence-electron chi connectivity index (χ1n) is 10.4. The maximum absolute atomic E-state index is 14.3. The first-order valence-corrected chi connectivity index (χ1v) is 10.7. The Kier molecular flexibility index (Phi) is 6.55. The zero-order valence-corrected chi connectivity index (χ0v) is 18.2. The quantitative estimate of drug-likeness (QED) is 0.521. The van der Waals surface area contributed by atoms with Crippen molar-refractivity contribution >= 4 is 17.7 Å². The van der Waals surface area contributed by atoms with Gasteiger partial charge in [-0.3, -0.25) is 0 Å². The van der Waals surface area contributed by atoms with Crippen molar-refractivity contribution in [2.75, 3.05) is 6.61 Å². The van der Waals surface area contributed by atoms with Crippen LogP contribution in [0.1, 0.15) is 31.2 Å². The zero-order valence-electron chi connectivity index (χ0n) is 17.5. The minimum absolute atomic E-state index is 0.0179. The molecule has 1 saturated carbocycles. The van der Waals surface area contributed by atoms with Crippen molar-refractivity contribution in [1.29, 1.82) is 0 Å². The lowest BCUT2D eigenvalue weighted by Gasteiger charge is -2.28. The van der Waals surface area contributed by atoms with Crippen LogP contribution in [0.2, 0.25) is 5.15 Å². The van der Waals surface area contributed by atoms with Crippen LogP contribution in [0.3, 0.4) is 0 Å². The zero-order chi connectivity index (χ0) is 22.7. The molecule has 2 N–H and O–H groups in total. The van der Waals surface area contributed by atoms with Gasteiger partial charge in [-0.15, -0.1) is 0 Å². The van der Waals surface area contributed by atoms with Crippen molar-refractivity contribution in [3.63, 3.8) is 0 Å². The average molecular weight is 460 g/mol. The van der Waals surface area contributed by atoms with Crippen LogP contribution in [0.5, 0.6) is 5.75 Å². The van der Waals surface area contributed by atoms with Crippen molar-refractivity contribution in [3.8, 4) is 22.7 Å². The van der Waals surface area contributed by atoms with E-state index in [1.54, 1.807) is 18.5 Å². The predicted molar refractivity (Wildman–Crippen MR) is 117 cm³/mol. The SMILES string of the molecule is Cc1cccc(F)c1-n1cc(-c2ncnc(Cl)c2OC[C@H]2CC[C@@H](NC(=O)O)CC2)cn1. The maximum Gasteiger partial charge on any atom is 0.404 e. The third kappa shape index (κ3) is 4.83. The molecule has 8 nitrogen and oxygen atoms in total. The minimum atomic E-state index is -0.992. The lowest BCUT2D eigenvalue weighted by Crippen LogP contribution is -2.37. The van der Waals surface area contributed by atoms with Gasteiger partial charge < -0.3 is 15.2 Å². The van der Waals surface area contributed by atoms with E-state index in [0.29, 0.717) is 29.3 Å². The average Bonchev–Trinajstić information content (AvgIpc) is 3.23. The van der Waals surface area contributed by atoms with E-state index in [4.69, 9.17) is 21.4 Å². The van der Waals surface area contributed by atoms with Crippen molar-refractivity contribution in [3.05, 3.63) is 53.5 Å². The van der Waals surface area contributed by atoms with Gasteiger partial charge in [0.15, 0.2) is 10.9 Å². The number of hydrogen-bond acceptors (Lipinski definition) is 5. The number of hydrogen-bond donors (Lipinski definition) is 2. The topological polar surface area (TPSA) is 102 Å². The van der Waals surface area contributed by atoms with Crippen molar-refractivity contribution < 1.29 is 19.0 Å². The van der Waals surface area contributed by atoms with E-state index in [9.17, 15) is 9.18 Å². The first kappa shape index (κ1) is 22.0. The number of para-hydroxylation sites is 1. The van der Waals surface area contributed by atoms with Gasteiger partial charge in [0.05, 0.1) is 12.8 Å². The lowest BCUT2D eigenvalue weighted by atomic mass is 9.86. The number of nitrogens with one attached hydrogen (secondary N) is 1. The number of nitrogens with zero attached hydrogens (tertiary/aromatic N) is 4. The molecular weight excluding hydrogens is 437 g/mol. The second-order valence-electron chi connectivity index (χ2n) is 7.90. The number of aromatic nitrogens is 4. The number of benzene rings is 1. The molecule has 0 bridgehead atoms. The summed E-state index contributed by atoms with van der Waals surface area (Å²) in [6.45, 7) is 2.23. The van der Waals surface area contributed by atoms with Crippen LogP contribution in [-0.2, 0) is 0 Å². The number of carbonyl (C=O) groups is 1. The summed E-state index contributed by atoms with van der Waals surface area (Å²) in [5.74, 6) is 0.254. The van der Waals surface area contributed by atoms with E-state index in [1.165, 1.54) is 17.1 Å². The molecule has 0 spiro atoms. The molecule has 0 atom stereocenters. The van der Waals surface area contributed by atoms with Crippen LogP contribution >= 0.6 is 11.6 Å². The van der Waals surface area contributed by atoms with E-state index >= 15 is 0 Å². The van der Waals surface area contributed by atoms with E-state index < -0.39 is 6.09 Å². The second-order valence-corrected chi connectivity index (χ2v) is 8.26. The first-order chi connectivity index (χ1) is 15.4. The maximum atomic E-state index is 14.3. The smallest absolute Gasteiger partial charge is 0.404 e. The highest BCUT2D eigenvalue weighted by molar-refractivity contribution is 6.31. The van der Waals surface area contributed by atoms with Gasteiger partial charge in [-0.25, -0.2) is 23.8 Å². The molecule has 3 aromatic rings. The number of rotatable bonds is 6. The summed E-state index contributed by atoms with van der Waals surface area (Å²) < 4.78 is 21.9. The van der Waals surface area contributed by atoms with Gasteiger partial charge in [0, 0.05) is 17.8 Å². The molecule has 0 aliphatic heterocycles. The fraction of sp³-hybridized carbons (Fsp3) is 0.364. The second kappa shape index (κ2) is 9.52. The molecule has 1 fully saturated rings. The molecule has 1 aliphatic carbocycles. The summed E-state index contributed by atoms with van der Waals surface area (Å²) in [6, 6.07) is 4.84. The van der Waals surface area contributed by atoms with Gasteiger partial charge in [0.2, 0.25) is 0 Å². The van der Waals surface area contributed by atoms with Crippen LogP contribution in [0.25, 0.3) is 16.9 Å². The highest BCUT2D eigenvalue weighted by Crippen LogP contribution is 2.35. The summed E-state index contributed by atoms with van der Waals surface area (Å²) >= 11 is 6.31. The molecule has 4 rings (SSSR count). The fourth-order valence-corrected chi connectivity index (χ4v) is 4.20. The Morgan fingerprint density at radius 3 is 2.81 bits per heavy atom. The number of amides is 1. The van der Waals surface area contributed by atoms with Crippen LogP contribution in [0.4, 0.5) is 9.18 Å². The van der Waals surface area contributed by atoms with Crippen molar-refractivity contribution in [2.24, 2.45) is 5.92 Å². The molecule has 32 heavy (non-hydrogen) atoms. The van der Waals surface area contributed by atoms with Gasteiger partial charge in [-0.05, 0) is 50.2 Å². The monoisotopic (exact) mass is 459 g/mol. The minimum Gasteiger partial charge on any atom is -0.488 e. The predicted octanol–water partition coefficient (Wildman–Crippen LogP) is 4.64. The summed E-state index contributed by atoms with van der Waals surface area (Å²) in [5, 5.41) is 15.9. The molecule has 0 unspecified atom stereocenters. The summed E-state index contributed by atoms with van der Waals surface area (Å²) in [4.78, 5) is 19.2. The van der Waals surface area contributed by atoms with Crippen LogP contribution in [0.15, 0.2) is 36.9 Å². The van der Waals surface area contributed by atoms with Gasteiger partial charge in [0.25, 0.3) is 0 Å². The van der Waals surface area contributed by atoms with E-state index in [-0.39, 0.29) is 22.9 Å². The van der Waals surface area contributed by atoms with E-state index in [1.807, 2.05) is 13.0 Å². The van der Waals surface area contributed by atoms with Crippen LogP contribution < -0.4 is 10.1 Å². The molecule has 2 aromatic heterocycles. The molecule has 1 aliphatic rings. The number of halogens is 2. The lowest BCUT2D eigenvalue weighted by molar-refractivity contribution is 0.169. The molecule has 10 heteroatoms. The number of aryl methyl sites for hydroxylation is 1. The molecule has 2 heterocycles. The molecule has 1 aromatic carbocycles. The Morgan fingerprint density at radius 1 is 1.31 bits per heavy atom. The van der Waals surface area contributed by atoms with Gasteiger partial charge in [-0.1, -0.05) is 23.7 Å². The van der Waals surface area contributed by atoms with Crippen LogP contribution in [0, 0.1) is 18.7 Å². The largest absolute Gasteiger partial charge is 0.488 e. The molecular formula is C22H23ClFN5O3. The summed E-state index contributed by atoms with van der Waals surface area (Å²) in [5.41, 5.74) is 2.23. The molecule has 0 saturated heterocycles. The Balaban J connectivity index is 1.50. The highest BCUT2D eigenvalue weighted by atomic mass is 35.5. The van der Waals surface area contributed by atoms with Crippen molar-refractivity contribution in [2.45, 2.75) is 38.6 Å². The van der Waals surface area contributed by atoms with Gasteiger partial charge in [-0.2, -0.15) is 5.10 Å². The number of carboxylic acid groups (broad SMARTS) is 1. The fourth-order valence-electron chi connectivity index (χ4n) is 4.02. The van der Waals surface area contributed by atoms with Crippen molar-refractivity contribution in [1.82, 2.24) is 25.1 Å². The van der Waals surface area contributed by atoms with Gasteiger partial charge in [0.1, 0.15) is 23.5 Å². The summed E-state index contributed by atoms with van der Waals surface area (Å²) in [6.07, 6.45) is 6.83. The van der Waals surface area contributed by atoms with E-state index in [0.717, 1.165) is 31.2 Å². The third-order valence-electron chi connectivity index (χ3n) is 5.67. The normalized spacial score (nSPS) is 18.3. The third-order valence-corrected chi connectivity index (χ3v) is 5.94. The van der Waals surface area contributed by atoms with Gasteiger partial charge >= 0.3 is 6.09 Å². The Morgan fingerprint density at radius 2 is 2.09 bits per heavy atom. The van der Waals surface area contributed by atoms with E-state index in [2.05, 4.69) is 20.4 Å². The Labute approximate surface area is 189 Å². The highest BCUT2D eigenvalue weighted by Gasteiger charge is 2.24. The Hall–Kier alpha value is -3.20. The molecule has 1 amide bonds. The molecule has 0 radical (unpaired) electrons. The summed E-state index contributed by atoms with van der Waals surface area (Å²) in [7, 11) is 0. The van der Waals surface area contributed by atoms with Crippen LogP contribution in [-0.4, -0.2) is 43.6 Å². The molecule has 168 valence electrons. The Bertz CT molecular complexity index is 1090.